The molecule has 1 rings (SSSR count). The highest BCUT2D eigenvalue weighted by molar-refractivity contribution is 14.0. The van der Waals surface area contributed by atoms with Gasteiger partial charge in [0.1, 0.15) is 0 Å². The molecule has 1 amide bonds. The molecule has 0 bridgehead atoms. The molecule has 1 aliphatic heterocycles. The summed E-state index contributed by atoms with van der Waals surface area (Å²) in [5.74, 6) is 1.52. The summed E-state index contributed by atoms with van der Waals surface area (Å²) in [6.07, 6.45) is 0.446. The topological polar surface area (TPSA) is 60.0 Å². The van der Waals surface area contributed by atoms with Crippen molar-refractivity contribution < 1.29 is 4.79 Å². The van der Waals surface area contributed by atoms with E-state index in [-0.39, 0.29) is 29.9 Å². The smallest absolute Gasteiger partial charge is 0.223 e. The Balaban J connectivity index is 0.00000484. The molecule has 1 heterocycles. The number of halogens is 1. The first-order valence-corrected chi connectivity index (χ1v) is 8.34. The quantitative estimate of drug-likeness (QED) is 0.373. The Kier molecular flexibility index (Phi) is 10.8. The first kappa shape index (κ1) is 22.4. The molecule has 0 aliphatic carbocycles. The normalized spacial score (nSPS) is 22.0. The number of hydrogen-bond acceptors (Lipinski definition) is 3. The maximum absolute atomic E-state index is 11.6. The van der Waals surface area contributed by atoms with Gasteiger partial charge in [-0.1, -0.05) is 6.92 Å². The van der Waals surface area contributed by atoms with Crippen molar-refractivity contribution in [3.05, 3.63) is 0 Å². The minimum atomic E-state index is 0. The van der Waals surface area contributed by atoms with E-state index in [1.165, 1.54) is 0 Å². The first-order valence-electron chi connectivity index (χ1n) is 8.34. The number of likely N-dealkylation sites (tertiary alicyclic amines) is 1. The zero-order chi connectivity index (χ0) is 16.7. The molecule has 136 valence electrons. The fourth-order valence-corrected chi connectivity index (χ4v) is 2.60. The lowest BCUT2D eigenvalue weighted by molar-refractivity contribution is -0.128. The highest BCUT2D eigenvalue weighted by Gasteiger charge is 2.31. The molecule has 1 saturated heterocycles. The fraction of sp³-hybridized carbons (Fsp3) is 0.875. The molecule has 6 nitrogen and oxygen atoms in total. The van der Waals surface area contributed by atoms with Gasteiger partial charge in [-0.2, -0.15) is 0 Å². The van der Waals surface area contributed by atoms with Crippen LogP contribution >= 0.6 is 24.0 Å². The maximum atomic E-state index is 11.6. The van der Waals surface area contributed by atoms with Crippen LogP contribution in [0.1, 0.15) is 34.1 Å². The molecule has 0 spiro atoms. The van der Waals surface area contributed by atoms with Crippen molar-refractivity contribution in [2.45, 2.75) is 46.2 Å². The Labute approximate surface area is 158 Å². The van der Waals surface area contributed by atoms with Crippen LogP contribution in [0.4, 0.5) is 0 Å². The molecule has 7 heteroatoms. The molecule has 1 aliphatic rings. The second-order valence-corrected chi connectivity index (χ2v) is 6.57. The van der Waals surface area contributed by atoms with Gasteiger partial charge in [0, 0.05) is 52.2 Å². The molecule has 2 unspecified atom stereocenters. The Bertz CT molecular complexity index is 387. The van der Waals surface area contributed by atoms with Gasteiger partial charge in [-0.15, -0.1) is 24.0 Å². The largest absolute Gasteiger partial charge is 0.357 e. The molecular formula is C16H34IN5O. The van der Waals surface area contributed by atoms with Crippen LogP contribution in [0.2, 0.25) is 0 Å². The predicted octanol–water partition coefficient (Wildman–Crippen LogP) is 1.37. The minimum absolute atomic E-state index is 0. The second-order valence-electron chi connectivity index (χ2n) is 6.57. The summed E-state index contributed by atoms with van der Waals surface area (Å²) in [5, 5.41) is 6.80. The van der Waals surface area contributed by atoms with Crippen LogP contribution in [0.3, 0.4) is 0 Å². The zero-order valence-corrected chi connectivity index (χ0v) is 17.8. The molecule has 0 aromatic rings. The third kappa shape index (κ3) is 7.69. The van der Waals surface area contributed by atoms with Crippen LogP contribution in [0.15, 0.2) is 4.99 Å². The molecule has 1 fully saturated rings. The van der Waals surface area contributed by atoms with Crippen molar-refractivity contribution in [1.29, 1.82) is 0 Å². The second kappa shape index (κ2) is 11.1. The lowest BCUT2D eigenvalue weighted by atomic mass is 10.1. The average molecular weight is 439 g/mol. The van der Waals surface area contributed by atoms with Gasteiger partial charge in [0.25, 0.3) is 0 Å². The van der Waals surface area contributed by atoms with Gasteiger partial charge in [0.2, 0.25) is 5.91 Å². The number of aliphatic imine (C=N–C) groups is 1. The molecule has 2 N–H and O–H groups in total. The van der Waals surface area contributed by atoms with Crippen molar-refractivity contribution in [2.75, 3.05) is 40.3 Å². The van der Waals surface area contributed by atoms with Crippen LogP contribution < -0.4 is 10.6 Å². The molecule has 0 aromatic heterocycles. The zero-order valence-electron chi connectivity index (χ0n) is 15.4. The van der Waals surface area contributed by atoms with E-state index in [9.17, 15) is 4.79 Å². The fourth-order valence-electron chi connectivity index (χ4n) is 2.60. The lowest BCUT2D eigenvalue weighted by Gasteiger charge is -2.22. The Morgan fingerprint density at radius 3 is 2.48 bits per heavy atom. The van der Waals surface area contributed by atoms with Crippen LogP contribution in [-0.2, 0) is 4.79 Å². The third-order valence-corrected chi connectivity index (χ3v) is 4.13. The van der Waals surface area contributed by atoms with Crippen LogP contribution in [0, 0.1) is 5.92 Å². The van der Waals surface area contributed by atoms with E-state index in [0.717, 1.165) is 25.6 Å². The molecule has 2 atom stereocenters. The maximum Gasteiger partial charge on any atom is 0.223 e. The van der Waals surface area contributed by atoms with Crippen molar-refractivity contribution in [2.24, 2.45) is 10.9 Å². The molecule has 23 heavy (non-hydrogen) atoms. The van der Waals surface area contributed by atoms with E-state index in [1.54, 1.807) is 19.0 Å². The number of guanidine groups is 1. The summed E-state index contributed by atoms with van der Waals surface area (Å²) in [6, 6.07) is 0.983. The molecule has 0 radical (unpaired) electrons. The molecular weight excluding hydrogens is 405 g/mol. The van der Waals surface area contributed by atoms with Gasteiger partial charge < -0.3 is 15.5 Å². The average Bonchev–Trinajstić information content (AvgIpc) is 2.80. The number of hydrogen-bond donors (Lipinski definition) is 2. The highest BCUT2D eigenvalue weighted by Crippen LogP contribution is 2.18. The van der Waals surface area contributed by atoms with Gasteiger partial charge in [-0.3, -0.25) is 14.7 Å². The van der Waals surface area contributed by atoms with Gasteiger partial charge in [0.15, 0.2) is 5.96 Å². The number of nitrogens with zero attached hydrogens (tertiary/aromatic N) is 3. The monoisotopic (exact) mass is 439 g/mol. The summed E-state index contributed by atoms with van der Waals surface area (Å²) >= 11 is 0. The SMILES string of the molecule is CCNC(=NCCC(=O)N(C)C)NC1CN(C(C)C)CC1C.I. The van der Waals surface area contributed by atoms with E-state index in [2.05, 4.69) is 48.2 Å². The summed E-state index contributed by atoms with van der Waals surface area (Å²) in [7, 11) is 3.55. The van der Waals surface area contributed by atoms with E-state index in [0.29, 0.717) is 31.0 Å². The standard InChI is InChI=1S/C16H33N5O.HI/c1-7-17-16(18-9-8-15(22)20(5)6)19-14-11-21(12(2)3)10-13(14)4;/h12-14H,7-11H2,1-6H3,(H2,17,18,19);1H. The van der Waals surface area contributed by atoms with Gasteiger partial charge in [-0.25, -0.2) is 0 Å². The van der Waals surface area contributed by atoms with Crippen LogP contribution in [-0.4, -0.2) is 74.0 Å². The number of amides is 1. The van der Waals surface area contributed by atoms with Crippen molar-refractivity contribution in [1.82, 2.24) is 20.4 Å². The van der Waals surface area contributed by atoms with Gasteiger partial charge in [0.05, 0.1) is 6.54 Å². The lowest BCUT2D eigenvalue weighted by Crippen LogP contribution is -2.47. The van der Waals surface area contributed by atoms with Crippen molar-refractivity contribution >= 4 is 35.8 Å². The predicted molar refractivity (Wildman–Crippen MR) is 108 cm³/mol. The highest BCUT2D eigenvalue weighted by atomic mass is 127. The van der Waals surface area contributed by atoms with E-state index in [1.807, 2.05) is 0 Å². The number of rotatable bonds is 6. The summed E-state index contributed by atoms with van der Waals surface area (Å²) < 4.78 is 0. The number of carbonyl (C=O) groups is 1. The Hall–Kier alpha value is -0.570. The van der Waals surface area contributed by atoms with Gasteiger partial charge in [-0.05, 0) is 26.7 Å². The number of nitrogens with one attached hydrogen (secondary N) is 2. The summed E-state index contributed by atoms with van der Waals surface area (Å²) in [6.45, 7) is 12.3. The van der Waals surface area contributed by atoms with Crippen LogP contribution in [0.5, 0.6) is 0 Å². The molecule has 0 aromatic carbocycles. The first-order chi connectivity index (χ1) is 10.3. The number of carbonyl (C=O) groups excluding carboxylic acids is 1. The van der Waals surface area contributed by atoms with Crippen molar-refractivity contribution in [3.8, 4) is 0 Å². The van der Waals surface area contributed by atoms with E-state index in [4.69, 9.17) is 0 Å². The molecule has 0 saturated carbocycles. The Morgan fingerprint density at radius 2 is 2.00 bits per heavy atom. The van der Waals surface area contributed by atoms with Crippen LogP contribution in [0.25, 0.3) is 0 Å². The van der Waals surface area contributed by atoms with E-state index >= 15 is 0 Å². The van der Waals surface area contributed by atoms with E-state index < -0.39 is 0 Å². The minimum Gasteiger partial charge on any atom is -0.357 e. The summed E-state index contributed by atoms with van der Waals surface area (Å²) in [4.78, 5) is 20.2. The Morgan fingerprint density at radius 1 is 1.35 bits per heavy atom. The summed E-state index contributed by atoms with van der Waals surface area (Å²) in [5.41, 5.74) is 0. The third-order valence-electron chi connectivity index (χ3n) is 4.13. The van der Waals surface area contributed by atoms with Gasteiger partial charge >= 0.3 is 0 Å². The van der Waals surface area contributed by atoms with Crippen molar-refractivity contribution in [3.63, 3.8) is 0 Å².